The van der Waals surface area contributed by atoms with Gasteiger partial charge >= 0.3 is 0 Å². The molecule has 0 aromatic carbocycles. The van der Waals surface area contributed by atoms with Crippen molar-refractivity contribution in [2.24, 2.45) is 0 Å². The lowest BCUT2D eigenvalue weighted by molar-refractivity contribution is 0.0949. The highest BCUT2D eigenvalue weighted by Gasteiger charge is 2.29. The van der Waals surface area contributed by atoms with Crippen molar-refractivity contribution in [2.45, 2.75) is 32.2 Å². The molecule has 0 saturated heterocycles. The summed E-state index contributed by atoms with van der Waals surface area (Å²) < 4.78 is 5.12. The lowest BCUT2D eigenvalue weighted by Crippen LogP contribution is -2.23. The first kappa shape index (κ1) is 11.0. The predicted molar refractivity (Wildman–Crippen MR) is 63.0 cm³/mol. The van der Waals surface area contributed by atoms with Crippen LogP contribution in [0.4, 0.5) is 0 Å². The van der Waals surface area contributed by atoms with E-state index in [1.807, 2.05) is 6.92 Å². The molecule has 2 N–H and O–H groups in total. The van der Waals surface area contributed by atoms with Crippen LogP contribution in [0.1, 0.15) is 46.5 Å². The SMILES string of the molecule is Cc1[nH]ccc1C(=O)NCc1noc(C2CC2)n1. The maximum Gasteiger partial charge on any atom is 0.253 e. The monoisotopic (exact) mass is 246 g/mol. The Kier molecular flexibility index (Phi) is 2.62. The van der Waals surface area contributed by atoms with E-state index in [1.54, 1.807) is 12.3 Å². The van der Waals surface area contributed by atoms with E-state index < -0.39 is 0 Å². The number of nitrogens with zero attached hydrogens (tertiary/aromatic N) is 2. The molecule has 3 rings (SSSR count). The van der Waals surface area contributed by atoms with Gasteiger partial charge in [-0.15, -0.1) is 0 Å². The van der Waals surface area contributed by atoms with E-state index in [-0.39, 0.29) is 5.91 Å². The molecule has 0 atom stereocenters. The molecule has 1 amide bonds. The molecule has 1 saturated carbocycles. The second-order valence-electron chi connectivity index (χ2n) is 4.52. The molecular formula is C12H14N4O2. The average Bonchev–Trinajstić information content (AvgIpc) is 2.95. The first-order valence-electron chi connectivity index (χ1n) is 5.98. The third kappa shape index (κ3) is 2.13. The highest BCUT2D eigenvalue weighted by molar-refractivity contribution is 5.95. The van der Waals surface area contributed by atoms with E-state index in [2.05, 4.69) is 20.4 Å². The number of carbonyl (C=O) groups excluding carboxylic acids is 1. The summed E-state index contributed by atoms with van der Waals surface area (Å²) in [7, 11) is 0. The number of aromatic nitrogens is 3. The smallest absolute Gasteiger partial charge is 0.253 e. The van der Waals surface area contributed by atoms with E-state index in [0.717, 1.165) is 18.5 Å². The summed E-state index contributed by atoms with van der Waals surface area (Å²) in [5.74, 6) is 1.52. The fraction of sp³-hybridized carbons (Fsp3) is 0.417. The fourth-order valence-electron chi connectivity index (χ4n) is 1.79. The van der Waals surface area contributed by atoms with Crippen molar-refractivity contribution in [3.05, 3.63) is 35.2 Å². The van der Waals surface area contributed by atoms with Crippen LogP contribution >= 0.6 is 0 Å². The van der Waals surface area contributed by atoms with Gasteiger partial charge in [-0.3, -0.25) is 4.79 Å². The maximum absolute atomic E-state index is 11.8. The number of amides is 1. The summed E-state index contributed by atoms with van der Waals surface area (Å²) >= 11 is 0. The number of nitrogens with one attached hydrogen (secondary N) is 2. The van der Waals surface area contributed by atoms with Crippen molar-refractivity contribution in [3.63, 3.8) is 0 Å². The van der Waals surface area contributed by atoms with Crippen molar-refractivity contribution in [1.82, 2.24) is 20.4 Å². The summed E-state index contributed by atoms with van der Waals surface area (Å²) in [6.07, 6.45) is 3.98. The zero-order chi connectivity index (χ0) is 12.5. The molecule has 94 valence electrons. The Morgan fingerprint density at radius 3 is 3.11 bits per heavy atom. The normalized spacial score (nSPS) is 14.7. The molecule has 0 spiro atoms. The first-order valence-corrected chi connectivity index (χ1v) is 5.98. The predicted octanol–water partition coefficient (Wildman–Crippen LogP) is 1.51. The van der Waals surface area contributed by atoms with Gasteiger partial charge < -0.3 is 14.8 Å². The van der Waals surface area contributed by atoms with Gasteiger partial charge in [0.05, 0.1) is 12.1 Å². The lowest BCUT2D eigenvalue weighted by Gasteiger charge is -2.00. The number of aryl methyl sites for hydroxylation is 1. The molecule has 2 aromatic heterocycles. The molecule has 0 aliphatic heterocycles. The van der Waals surface area contributed by atoms with Crippen molar-refractivity contribution in [3.8, 4) is 0 Å². The van der Waals surface area contributed by atoms with Crippen molar-refractivity contribution in [2.75, 3.05) is 0 Å². The zero-order valence-electron chi connectivity index (χ0n) is 10.1. The average molecular weight is 246 g/mol. The second kappa shape index (κ2) is 4.29. The van der Waals surface area contributed by atoms with Crippen LogP contribution in [-0.4, -0.2) is 21.0 Å². The van der Waals surface area contributed by atoms with E-state index in [1.165, 1.54) is 0 Å². The van der Waals surface area contributed by atoms with Gasteiger partial charge in [0.1, 0.15) is 0 Å². The summed E-state index contributed by atoms with van der Waals surface area (Å²) in [4.78, 5) is 19.0. The minimum absolute atomic E-state index is 0.133. The minimum atomic E-state index is -0.133. The molecule has 0 bridgehead atoms. The van der Waals surface area contributed by atoms with Crippen molar-refractivity contribution < 1.29 is 9.32 Å². The van der Waals surface area contributed by atoms with Crippen LogP contribution in [0.15, 0.2) is 16.8 Å². The van der Waals surface area contributed by atoms with Crippen LogP contribution in [0.5, 0.6) is 0 Å². The molecule has 2 aromatic rings. The number of rotatable bonds is 4. The third-order valence-electron chi connectivity index (χ3n) is 3.02. The van der Waals surface area contributed by atoms with E-state index >= 15 is 0 Å². The van der Waals surface area contributed by atoms with Crippen LogP contribution in [-0.2, 0) is 6.54 Å². The van der Waals surface area contributed by atoms with Crippen LogP contribution in [0.2, 0.25) is 0 Å². The Labute approximate surface area is 104 Å². The Balaban J connectivity index is 1.60. The molecule has 18 heavy (non-hydrogen) atoms. The standard InChI is InChI=1S/C12H14N4O2/c1-7-9(4-5-13-7)11(17)14-6-10-15-12(18-16-10)8-2-3-8/h4-5,8,13H,2-3,6H2,1H3,(H,14,17). The lowest BCUT2D eigenvalue weighted by atomic mass is 10.2. The van der Waals surface area contributed by atoms with Gasteiger partial charge in [-0.1, -0.05) is 5.16 Å². The molecule has 1 aliphatic carbocycles. The van der Waals surface area contributed by atoms with E-state index in [4.69, 9.17) is 4.52 Å². The molecule has 0 unspecified atom stereocenters. The number of hydrogen-bond acceptors (Lipinski definition) is 4. The highest BCUT2D eigenvalue weighted by Crippen LogP contribution is 2.38. The molecule has 2 heterocycles. The van der Waals surface area contributed by atoms with Gasteiger partial charge in [0, 0.05) is 17.8 Å². The number of hydrogen-bond donors (Lipinski definition) is 2. The highest BCUT2D eigenvalue weighted by atomic mass is 16.5. The number of carbonyl (C=O) groups is 1. The van der Waals surface area contributed by atoms with Gasteiger partial charge in [0.25, 0.3) is 5.91 Å². The number of H-pyrrole nitrogens is 1. The quantitative estimate of drug-likeness (QED) is 0.856. The Hall–Kier alpha value is -2.11. The van der Waals surface area contributed by atoms with Gasteiger partial charge in [-0.05, 0) is 25.8 Å². The molecule has 6 heteroatoms. The maximum atomic E-state index is 11.8. The first-order chi connectivity index (χ1) is 8.74. The van der Waals surface area contributed by atoms with Crippen LogP contribution in [0.25, 0.3) is 0 Å². The molecule has 1 aliphatic rings. The van der Waals surface area contributed by atoms with Crippen LogP contribution in [0.3, 0.4) is 0 Å². The Bertz CT molecular complexity index is 568. The Morgan fingerprint density at radius 2 is 2.44 bits per heavy atom. The van der Waals surface area contributed by atoms with E-state index in [9.17, 15) is 4.79 Å². The van der Waals surface area contributed by atoms with Crippen molar-refractivity contribution >= 4 is 5.91 Å². The van der Waals surface area contributed by atoms with Crippen molar-refractivity contribution in [1.29, 1.82) is 0 Å². The largest absolute Gasteiger partial charge is 0.365 e. The Morgan fingerprint density at radius 1 is 1.61 bits per heavy atom. The van der Waals surface area contributed by atoms with E-state index in [0.29, 0.717) is 29.7 Å². The topological polar surface area (TPSA) is 83.8 Å². The summed E-state index contributed by atoms with van der Waals surface area (Å²) in [5.41, 5.74) is 1.49. The molecule has 0 radical (unpaired) electrons. The molecular weight excluding hydrogens is 232 g/mol. The van der Waals surface area contributed by atoms with Crippen LogP contribution in [0, 0.1) is 6.92 Å². The van der Waals surface area contributed by atoms with Gasteiger partial charge in [0.2, 0.25) is 5.89 Å². The van der Waals surface area contributed by atoms with Gasteiger partial charge in [-0.2, -0.15) is 4.98 Å². The van der Waals surface area contributed by atoms with Gasteiger partial charge in [-0.25, -0.2) is 0 Å². The zero-order valence-corrected chi connectivity index (χ0v) is 10.1. The fourth-order valence-corrected chi connectivity index (χ4v) is 1.79. The molecule has 6 nitrogen and oxygen atoms in total. The van der Waals surface area contributed by atoms with Crippen LogP contribution < -0.4 is 5.32 Å². The second-order valence-corrected chi connectivity index (χ2v) is 4.52. The number of aromatic amines is 1. The molecule has 1 fully saturated rings. The minimum Gasteiger partial charge on any atom is -0.365 e. The van der Waals surface area contributed by atoms with Gasteiger partial charge in [0.15, 0.2) is 5.82 Å². The summed E-state index contributed by atoms with van der Waals surface area (Å²) in [5, 5.41) is 6.62. The third-order valence-corrected chi connectivity index (χ3v) is 3.02. The summed E-state index contributed by atoms with van der Waals surface area (Å²) in [6, 6.07) is 1.75. The summed E-state index contributed by atoms with van der Waals surface area (Å²) in [6.45, 7) is 2.15.